The molecule has 3 aromatic rings. The van der Waals surface area contributed by atoms with Crippen LogP contribution in [0.1, 0.15) is 10.4 Å². The first-order valence-corrected chi connectivity index (χ1v) is 5.88. The highest BCUT2D eigenvalue weighted by Gasteiger charge is 2.10. The number of carbonyl (C=O) groups excluding carboxylic acids is 1. The lowest BCUT2D eigenvalue weighted by Gasteiger charge is -1.97. The van der Waals surface area contributed by atoms with Crippen LogP contribution in [0.15, 0.2) is 53.2 Å². The van der Waals surface area contributed by atoms with Crippen molar-refractivity contribution in [3.63, 3.8) is 0 Å². The Balaban J connectivity index is 1.92. The molecule has 2 N–H and O–H groups in total. The van der Waals surface area contributed by atoms with Crippen molar-refractivity contribution in [1.82, 2.24) is 15.2 Å². The number of rotatable bonds is 3. The number of amides is 1. The SMILES string of the molecule is NC(=O)c1ccc(-c2nnc(-c3cccnc3)o2)cc1. The number of nitrogens with two attached hydrogens (primary N) is 1. The van der Waals surface area contributed by atoms with Gasteiger partial charge in [-0.15, -0.1) is 10.2 Å². The fourth-order valence-electron chi connectivity index (χ4n) is 1.72. The molecule has 1 amide bonds. The molecule has 0 atom stereocenters. The molecule has 2 heterocycles. The zero-order valence-electron chi connectivity index (χ0n) is 10.4. The highest BCUT2D eigenvalue weighted by atomic mass is 16.4. The molecule has 6 nitrogen and oxygen atoms in total. The number of pyridine rings is 1. The molecule has 0 spiro atoms. The fourth-order valence-corrected chi connectivity index (χ4v) is 1.72. The largest absolute Gasteiger partial charge is 0.416 e. The van der Waals surface area contributed by atoms with Gasteiger partial charge in [0.15, 0.2) is 0 Å². The summed E-state index contributed by atoms with van der Waals surface area (Å²) in [5, 5.41) is 7.95. The quantitative estimate of drug-likeness (QED) is 0.781. The summed E-state index contributed by atoms with van der Waals surface area (Å²) in [5.74, 6) is 0.296. The summed E-state index contributed by atoms with van der Waals surface area (Å²) in [7, 11) is 0. The number of carbonyl (C=O) groups is 1. The van der Waals surface area contributed by atoms with Crippen molar-refractivity contribution in [2.75, 3.05) is 0 Å². The minimum Gasteiger partial charge on any atom is -0.416 e. The molecular weight excluding hydrogens is 256 g/mol. The monoisotopic (exact) mass is 266 g/mol. The van der Waals surface area contributed by atoms with Gasteiger partial charge in [0, 0.05) is 23.5 Å². The summed E-state index contributed by atoms with van der Waals surface area (Å²) < 4.78 is 5.58. The molecule has 0 aliphatic carbocycles. The van der Waals surface area contributed by atoms with Crippen LogP contribution in [0.5, 0.6) is 0 Å². The second-order valence-electron chi connectivity index (χ2n) is 4.10. The molecule has 20 heavy (non-hydrogen) atoms. The van der Waals surface area contributed by atoms with Gasteiger partial charge in [0.25, 0.3) is 0 Å². The average Bonchev–Trinajstić information content (AvgIpc) is 2.98. The molecule has 0 bridgehead atoms. The normalized spacial score (nSPS) is 10.4. The maximum atomic E-state index is 11.0. The Kier molecular flexibility index (Phi) is 2.96. The van der Waals surface area contributed by atoms with Crippen molar-refractivity contribution in [2.24, 2.45) is 5.73 Å². The van der Waals surface area contributed by atoms with Crippen LogP contribution in [0.25, 0.3) is 22.9 Å². The Labute approximate surface area is 114 Å². The standard InChI is InChI=1S/C14H10N4O2/c15-12(19)9-3-5-10(6-4-9)13-17-18-14(20-13)11-2-1-7-16-8-11/h1-8H,(H2,15,19). The number of hydrogen-bond acceptors (Lipinski definition) is 5. The predicted octanol–water partition coefficient (Wildman–Crippen LogP) is 1.90. The van der Waals surface area contributed by atoms with E-state index in [2.05, 4.69) is 15.2 Å². The summed E-state index contributed by atoms with van der Waals surface area (Å²) >= 11 is 0. The molecule has 0 radical (unpaired) electrons. The van der Waals surface area contributed by atoms with E-state index < -0.39 is 5.91 Å². The van der Waals surface area contributed by atoms with E-state index in [-0.39, 0.29) is 0 Å². The van der Waals surface area contributed by atoms with Gasteiger partial charge in [0.05, 0.1) is 5.56 Å². The van der Waals surface area contributed by atoms with Crippen LogP contribution in [0.3, 0.4) is 0 Å². The summed E-state index contributed by atoms with van der Waals surface area (Å²) in [5.41, 5.74) is 7.09. The number of primary amides is 1. The zero-order valence-corrected chi connectivity index (χ0v) is 10.4. The molecule has 0 aliphatic rings. The highest BCUT2D eigenvalue weighted by Crippen LogP contribution is 2.23. The minimum atomic E-state index is -0.474. The Morgan fingerprint density at radius 3 is 2.30 bits per heavy atom. The van der Waals surface area contributed by atoms with Crippen molar-refractivity contribution in [3.8, 4) is 22.9 Å². The van der Waals surface area contributed by atoms with Gasteiger partial charge < -0.3 is 10.2 Å². The van der Waals surface area contributed by atoms with E-state index in [9.17, 15) is 4.79 Å². The lowest BCUT2D eigenvalue weighted by Crippen LogP contribution is -2.10. The topological polar surface area (TPSA) is 94.9 Å². The van der Waals surface area contributed by atoms with E-state index in [1.165, 1.54) is 0 Å². The van der Waals surface area contributed by atoms with E-state index in [0.29, 0.717) is 17.3 Å². The first-order chi connectivity index (χ1) is 9.74. The second-order valence-corrected chi connectivity index (χ2v) is 4.10. The van der Waals surface area contributed by atoms with Crippen LogP contribution in [-0.4, -0.2) is 21.1 Å². The van der Waals surface area contributed by atoms with E-state index in [1.807, 2.05) is 6.07 Å². The van der Waals surface area contributed by atoms with E-state index >= 15 is 0 Å². The Morgan fingerprint density at radius 1 is 1.00 bits per heavy atom. The summed E-state index contributed by atoms with van der Waals surface area (Å²) in [6.07, 6.45) is 3.32. The van der Waals surface area contributed by atoms with Gasteiger partial charge in [-0.25, -0.2) is 0 Å². The van der Waals surface area contributed by atoms with Gasteiger partial charge >= 0.3 is 0 Å². The van der Waals surface area contributed by atoms with E-state index in [1.54, 1.807) is 42.7 Å². The molecule has 0 saturated heterocycles. The van der Waals surface area contributed by atoms with Gasteiger partial charge in [-0.1, -0.05) is 0 Å². The van der Waals surface area contributed by atoms with Crippen LogP contribution in [0.2, 0.25) is 0 Å². The number of aromatic nitrogens is 3. The van der Waals surface area contributed by atoms with Crippen molar-refractivity contribution >= 4 is 5.91 Å². The highest BCUT2D eigenvalue weighted by molar-refractivity contribution is 5.93. The van der Waals surface area contributed by atoms with Crippen molar-refractivity contribution in [2.45, 2.75) is 0 Å². The number of nitrogens with zero attached hydrogens (tertiary/aromatic N) is 3. The van der Waals surface area contributed by atoms with Gasteiger partial charge in [0.2, 0.25) is 17.7 Å². The van der Waals surface area contributed by atoms with Gasteiger partial charge in [0.1, 0.15) is 0 Å². The van der Waals surface area contributed by atoms with Crippen LogP contribution >= 0.6 is 0 Å². The molecule has 0 aliphatic heterocycles. The van der Waals surface area contributed by atoms with Crippen molar-refractivity contribution < 1.29 is 9.21 Å². The molecule has 98 valence electrons. The lowest BCUT2D eigenvalue weighted by molar-refractivity contribution is 0.100. The first-order valence-electron chi connectivity index (χ1n) is 5.88. The molecule has 6 heteroatoms. The third-order valence-electron chi connectivity index (χ3n) is 2.75. The Hall–Kier alpha value is -3.02. The third-order valence-corrected chi connectivity index (χ3v) is 2.75. The van der Waals surface area contributed by atoms with Crippen LogP contribution in [0, 0.1) is 0 Å². The summed E-state index contributed by atoms with van der Waals surface area (Å²) in [6.45, 7) is 0. The van der Waals surface area contributed by atoms with Crippen molar-refractivity contribution in [1.29, 1.82) is 0 Å². The third kappa shape index (κ3) is 2.26. The summed E-state index contributed by atoms with van der Waals surface area (Å²) in [4.78, 5) is 15.0. The van der Waals surface area contributed by atoms with Gasteiger partial charge in [-0.2, -0.15) is 0 Å². The zero-order chi connectivity index (χ0) is 13.9. The van der Waals surface area contributed by atoms with Gasteiger partial charge in [-0.3, -0.25) is 9.78 Å². The fraction of sp³-hybridized carbons (Fsp3) is 0. The van der Waals surface area contributed by atoms with Crippen molar-refractivity contribution in [3.05, 3.63) is 54.4 Å². The lowest BCUT2D eigenvalue weighted by atomic mass is 10.1. The van der Waals surface area contributed by atoms with Gasteiger partial charge in [-0.05, 0) is 36.4 Å². The number of hydrogen-bond donors (Lipinski definition) is 1. The molecule has 0 fully saturated rings. The molecular formula is C14H10N4O2. The molecule has 0 saturated carbocycles. The first kappa shape index (κ1) is 12.0. The summed E-state index contributed by atoms with van der Waals surface area (Å²) in [6, 6.07) is 10.3. The predicted molar refractivity (Wildman–Crippen MR) is 71.5 cm³/mol. The molecule has 3 rings (SSSR count). The average molecular weight is 266 g/mol. The van der Waals surface area contributed by atoms with E-state index in [0.717, 1.165) is 11.1 Å². The van der Waals surface area contributed by atoms with Crippen LogP contribution < -0.4 is 5.73 Å². The maximum absolute atomic E-state index is 11.0. The smallest absolute Gasteiger partial charge is 0.249 e. The molecule has 2 aromatic heterocycles. The van der Waals surface area contributed by atoms with E-state index in [4.69, 9.17) is 10.2 Å². The van der Waals surface area contributed by atoms with Crippen LogP contribution in [-0.2, 0) is 0 Å². The van der Waals surface area contributed by atoms with Crippen LogP contribution in [0.4, 0.5) is 0 Å². The minimum absolute atomic E-state index is 0.375. The number of benzene rings is 1. The Bertz CT molecular complexity index is 735. The second kappa shape index (κ2) is 4.93. The molecule has 1 aromatic carbocycles. The maximum Gasteiger partial charge on any atom is 0.249 e. The Morgan fingerprint density at radius 2 is 1.70 bits per heavy atom. The molecule has 0 unspecified atom stereocenters.